The Bertz CT molecular complexity index is 262. The molecule has 1 atom stereocenters. The minimum Gasteiger partial charge on any atom is -0.192 e. The van der Waals surface area contributed by atoms with Gasteiger partial charge < -0.3 is 0 Å². The molecule has 86 valence electrons. The molecule has 0 aromatic heterocycles. The summed E-state index contributed by atoms with van der Waals surface area (Å²) in [7, 11) is 0. The van der Waals surface area contributed by atoms with Crippen LogP contribution < -0.4 is 0 Å². The van der Waals surface area contributed by atoms with E-state index in [1.165, 1.54) is 0 Å². The van der Waals surface area contributed by atoms with Gasteiger partial charge in [0.05, 0.1) is 0 Å². The van der Waals surface area contributed by atoms with Crippen molar-refractivity contribution < 1.29 is 8.78 Å². The van der Waals surface area contributed by atoms with Gasteiger partial charge in [0, 0.05) is 12.3 Å². The summed E-state index contributed by atoms with van der Waals surface area (Å²) in [6, 6.07) is 0. The van der Waals surface area contributed by atoms with Crippen molar-refractivity contribution in [2.75, 3.05) is 0 Å². The molecule has 0 bridgehead atoms. The summed E-state index contributed by atoms with van der Waals surface area (Å²) < 4.78 is 26.2. The Kier molecular flexibility index (Phi) is 3.76. The summed E-state index contributed by atoms with van der Waals surface area (Å²) in [4.78, 5) is 0. The van der Waals surface area contributed by atoms with Crippen LogP contribution in [-0.4, -0.2) is 5.92 Å². The molecule has 0 saturated heterocycles. The molecule has 0 heterocycles. The van der Waals surface area contributed by atoms with Gasteiger partial charge in [-0.3, -0.25) is 0 Å². The maximum Gasteiger partial charge on any atom is 0.308 e. The van der Waals surface area contributed by atoms with Gasteiger partial charge in [0.25, 0.3) is 0 Å². The van der Waals surface area contributed by atoms with Crippen LogP contribution >= 0.6 is 0 Å². The Morgan fingerprint density at radius 1 is 1.27 bits per heavy atom. The second kappa shape index (κ2) is 4.51. The third kappa shape index (κ3) is 5.16. The van der Waals surface area contributed by atoms with Crippen molar-refractivity contribution in [3.63, 3.8) is 0 Å². The molecule has 0 fully saturated rings. The van der Waals surface area contributed by atoms with Crippen molar-refractivity contribution in [2.45, 2.75) is 58.8 Å². The second-order valence-electron chi connectivity index (χ2n) is 5.68. The van der Waals surface area contributed by atoms with Gasteiger partial charge in [0.2, 0.25) is 0 Å². The van der Waals surface area contributed by atoms with Crippen molar-refractivity contribution in [3.8, 4) is 11.8 Å². The smallest absolute Gasteiger partial charge is 0.192 e. The van der Waals surface area contributed by atoms with E-state index in [4.69, 9.17) is 0 Å². The van der Waals surface area contributed by atoms with Gasteiger partial charge in [-0.1, -0.05) is 33.1 Å². The topological polar surface area (TPSA) is 0 Å². The number of halogens is 2. The average Bonchev–Trinajstić information content (AvgIpc) is 2.03. The third-order valence-corrected chi connectivity index (χ3v) is 2.61. The minimum absolute atomic E-state index is 0.0672. The van der Waals surface area contributed by atoms with E-state index >= 15 is 0 Å². The molecular weight excluding hydrogens is 194 g/mol. The predicted octanol–water partition coefficient (Wildman–Crippen LogP) is 4.25. The van der Waals surface area contributed by atoms with Crippen LogP contribution in [0.3, 0.4) is 0 Å². The van der Waals surface area contributed by atoms with Crippen molar-refractivity contribution in [3.05, 3.63) is 0 Å². The molecule has 1 aliphatic rings. The van der Waals surface area contributed by atoms with Crippen molar-refractivity contribution in [1.29, 1.82) is 0 Å². The lowest BCUT2D eigenvalue weighted by atomic mass is 9.82. The lowest BCUT2D eigenvalue weighted by molar-refractivity contribution is 0.0517. The fraction of sp³-hybridized carbons (Fsp3) is 0.846. The second-order valence-corrected chi connectivity index (χ2v) is 5.68. The average molecular weight is 214 g/mol. The fourth-order valence-corrected chi connectivity index (χ4v) is 1.97. The van der Waals surface area contributed by atoms with E-state index in [-0.39, 0.29) is 17.8 Å². The van der Waals surface area contributed by atoms with Crippen LogP contribution in [0.5, 0.6) is 0 Å². The lowest BCUT2D eigenvalue weighted by Crippen LogP contribution is -2.18. The van der Waals surface area contributed by atoms with E-state index in [1.54, 1.807) is 0 Å². The van der Waals surface area contributed by atoms with E-state index in [0.717, 1.165) is 19.3 Å². The molecule has 2 heteroatoms. The van der Waals surface area contributed by atoms with Gasteiger partial charge >= 0.3 is 5.92 Å². The molecule has 15 heavy (non-hydrogen) atoms. The Morgan fingerprint density at radius 3 is 2.53 bits per heavy atom. The third-order valence-electron chi connectivity index (χ3n) is 2.61. The molecule has 0 aromatic rings. The SMILES string of the molecule is CC(C)(C)CC1C#CC(F)(F)CCCC1. The maximum absolute atomic E-state index is 13.1. The van der Waals surface area contributed by atoms with Crippen LogP contribution in [-0.2, 0) is 0 Å². The number of alkyl halides is 2. The molecule has 0 amide bonds. The summed E-state index contributed by atoms with van der Waals surface area (Å²) in [6.45, 7) is 6.39. The molecule has 0 aromatic carbocycles. The molecule has 1 unspecified atom stereocenters. The predicted molar refractivity (Wildman–Crippen MR) is 58.8 cm³/mol. The molecular formula is C13H20F2. The van der Waals surface area contributed by atoms with Crippen LogP contribution in [0, 0.1) is 23.2 Å². The van der Waals surface area contributed by atoms with Gasteiger partial charge in [-0.25, -0.2) is 0 Å². The van der Waals surface area contributed by atoms with E-state index in [0.29, 0.717) is 6.42 Å². The largest absolute Gasteiger partial charge is 0.308 e. The number of hydrogen-bond acceptors (Lipinski definition) is 0. The van der Waals surface area contributed by atoms with E-state index in [2.05, 4.69) is 32.6 Å². The quantitative estimate of drug-likeness (QED) is 0.572. The summed E-state index contributed by atoms with van der Waals surface area (Å²) in [5.41, 5.74) is 0.174. The number of hydrogen-bond donors (Lipinski definition) is 0. The molecule has 0 aliphatic heterocycles. The zero-order chi connectivity index (χ0) is 11.5. The summed E-state index contributed by atoms with van der Waals surface area (Å²) in [5.74, 6) is 2.31. The van der Waals surface area contributed by atoms with Gasteiger partial charge in [0.15, 0.2) is 0 Å². The zero-order valence-corrected chi connectivity index (χ0v) is 9.87. The molecule has 0 saturated carbocycles. The minimum atomic E-state index is -2.75. The van der Waals surface area contributed by atoms with E-state index in [9.17, 15) is 8.78 Å². The Balaban J connectivity index is 2.67. The Morgan fingerprint density at radius 2 is 1.93 bits per heavy atom. The monoisotopic (exact) mass is 214 g/mol. The standard InChI is InChI=1S/C13H20F2/c1-12(2,3)10-11-6-4-5-8-13(14,15)9-7-11/h11H,4-6,8,10H2,1-3H3. The highest BCUT2D eigenvalue weighted by Gasteiger charge is 2.27. The van der Waals surface area contributed by atoms with Crippen LogP contribution in [0.2, 0.25) is 0 Å². The zero-order valence-electron chi connectivity index (χ0n) is 9.87. The van der Waals surface area contributed by atoms with Crippen LogP contribution in [0.1, 0.15) is 52.9 Å². The summed E-state index contributed by atoms with van der Waals surface area (Å²) >= 11 is 0. The molecule has 0 nitrogen and oxygen atoms in total. The van der Waals surface area contributed by atoms with E-state index in [1.807, 2.05) is 0 Å². The number of rotatable bonds is 1. The van der Waals surface area contributed by atoms with Crippen LogP contribution in [0.4, 0.5) is 8.78 Å². The van der Waals surface area contributed by atoms with Crippen LogP contribution in [0.25, 0.3) is 0 Å². The first-order valence-electron chi connectivity index (χ1n) is 5.69. The van der Waals surface area contributed by atoms with E-state index < -0.39 is 5.92 Å². The highest BCUT2D eigenvalue weighted by molar-refractivity contribution is 5.13. The Labute approximate surface area is 91.4 Å². The van der Waals surface area contributed by atoms with Gasteiger partial charge in [0.1, 0.15) is 0 Å². The molecule has 0 N–H and O–H groups in total. The lowest BCUT2D eigenvalue weighted by Gasteiger charge is -2.24. The van der Waals surface area contributed by atoms with Gasteiger partial charge in [-0.05, 0) is 30.6 Å². The first-order valence-corrected chi connectivity index (χ1v) is 5.69. The molecule has 0 radical (unpaired) electrons. The summed E-state index contributed by atoms with van der Waals surface area (Å²) in [6.07, 6.45) is 3.30. The van der Waals surface area contributed by atoms with Crippen molar-refractivity contribution >= 4 is 0 Å². The van der Waals surface area contributed by atoms with Gasteiger partial charge in [-0.2, -0.15) is 8.78 Å². The Hall–Kier alpha value is -0.580. The molecule has 1 rings (SSSR count). The normalized spacial score (nSPS) is 26.1. The van der Waals surface area contributed by atoms with Gasteiger partial charge in [-0.15, -0.1) is 0 Å². The van der Waals surface area contributed by atoms with Crippen LogP contribution in [0.15, 0.2) is 0 Å². The first-order chi connectivity index (χ1) is 6.79. The van der Waals surface area contributed by atoms with Crippen molar-refractivity contribution in [1.82, 2.24) is 0 Å². The first kappa shape index (κ1) is 12.5. The van der Waals surface area contributed by atoms with Crippen molar-refractivity contribution in [2.24, 2.45) is 11.3 Å². The molecule has 1 aliphatic carbocycles. The molecule has 0 spiro atoms. The fourth-order valence-electron chi connectivity index (χ4n) is 1.97. The highest BCUT2D eigenvalue weighted by atomic mass is 19.3. The highest BCUT2D eigenvalue weighted by Crippen LogP contribution is 2.30. The summed E-state index contributed by atoms with van der Waals surface area (Å²) in [5, 5.41) is 0. The maximum atomic E-state index is 13.1.